The molecule has 1 heterocycles. The maximum atomic E-state index is 12.6. The molecule has 29 heavy (non-hydrogen) atoms. The van der Waals surface area contributed by atoms with Gasteiger partial charge in [-0.3, -0.25) is 14.2 Å². The van der Waals surface area contributed by atoms with Crippen LogP contribution in [-0.4, -0.2) is 37.3 Å². The lowest BCUT2D eigenvalue weighted by Crippen LogP contribution is -2.47. The molecule has 0 spiro atoms. The Labute approximate surface area is 174 Å². The van der Waals surface area contributed by atoms with Gasteiger partial charge in [0.05, 0.1) is 10.4 Å². The second kappa shape index (κ2) is 8.29. The van der Waals surface area contributed by atoms with Gasteiger partial charge in [-0.05, 0) is 44.2 Å². The summed E-state index contributed by atoms with van der Waals surface area (Å²) in [6.07, 6.45) is 4.53. The van der Waals surface area contributed by atoms with Crippen LogP contribution in [0.1, 0.15) is 33.3 Å². The Morgan fingerprint density at radius 3 is 2.55 bits per heavy atom. The van der Waals surface area contributed by atoms with E-state index in [0.717, 1.165) is 17.5 Å². The van der Waals surface area contributed by atoms with Crippen molar-refractivity contribution in [1.29, 1.82) is 0 Å². The van der Waals surface area contributed by atoms with E-state index in [2.05, 4.69) is 41.5 Å². The van der Waals surface area contributed by atoms with Gasteiger partial charge in [-0.25, -0.2) is 4.98 Å². The molecule has 0 bridgehead atoms. The van der Waals surface area contributed by atoms with E-state index in [1.54, 1.807) is 20.0 Å². The number of aromatic nitrogens is 2. The number of aliphatic carboxylic acids is 1. The number of carboxylic acids is 1. The molecule has 0 saturated heterocycles. The number of nitrogens with zero attached hydrogens (tertiary/aromatic N) is 2. The Morgan fingerprint density at radius 2 is 1.90 bits per heavy atom. The van der Waals surface area contributed by atoms with Gasteiger partial charge >= 0.3 is 5.97 Å². The lowest BCUT2D eigenvalue weighted by Gasteiger charge is -2.24. The van der Waals surface area contributed by atoms with Crippen molar-refractivity contribution in [2.24, 2.45) is 0 Å². The van der Waals surface area contributed by atoms with E-state index in [1.165, 1.54) is 29.6 Å². The van der Waals surface area contributed by atoms with Crippen LogP contribution in [0.4, 0.5) is 0 Å². The van der Waals surface area contributed by atoms with Crippen LogP contribution in [0.15, 0.2) is 53.9 Å². The molecule has 0 fully saturated rings. The largest absolute Gasteiger partial charge is 0.480 e. The zero-order chi connectivity index (χ0) is 21.2. The second-order valence-corrected chi connectivity index (χ2v) is 8.96. The highest BCUT2D eigenvalue weighted by molar-refractivity contribution is 8.01. The van der Waals surface area contributed by atoms with Crippen molar-refractivity contribution < 1.29 is 14.7 Å². The van der Waals surface area contributed by atoms with Crippen LogP contribution in [0.2, 0.25) is 0 Å². The molecule has 2 N–H and O–H groups in total. The number of aryl methyl sites for hydroxylation is 1. The standard InChI is InChI=1S/C22H25N3O3S/c1-5-15-10-11-18(17-9-7-6-8-16(15)17)25-13-12-23-21(25)29-22(3,4)20(28)24-14(2)19(26)27/h6-14H,5H2,1-4H3,(H,24,28)(H,26,27). The predicted octanol–water partition coefficient (Wildman–Crippen LogP) is 4.05. The Balaban J connectivity index is 1.95. The third kappa shape index (κ3) is 4.29. The van der Waals surface area contributed by atoms with Crippen molar-refractivity contribution in [2.45, 2.75) is 50.1 Å². The molecule has 0 aliphatic carbocycles. The van der Waals surface area contributed by atoms with Gasteiger partial charge < -0.3 is 10.4 Å². The molecule has 0 aliphatic heterocycles. The molecule has 7 heteroatoms. The number of nitrogens with one attached hydrogen (secondary N) is 1. The monoisotopic (exact) mass is 411 g/mol. The zero-order valence-corrected chi connectivity index (χ0v) is 17.8. The molecule has 1 amide bonds. The van der Waals surface area contributed by atoms with Crippen LogP contribution >= 0.6 is 11.8 Å². The number of imidazole rings is 1. The summed E-state index contributed by atoms with van der Waals surface area (Å²) in [6, 6.07) is 11.5. The summed E-state index contributed by atoms with van der Waals surface area (Å²) in [5, 5.41) is 14.6. The smallest absolute Gasteiger partial charge is 0.325 e. The van der Waals surface area contributed by atoms with Crippen LogP contribution in [0.25, 0.3) is 16.5 Å². The fourth-order valence-electron chi connectivity index (χ4n) is 3.12. The third-order valence-electron chi connectivity index (χ3n) is 4.85. The van der Waals surface area contributed by atoms with Crippen molar-refractivity contribution in [3.63, 3.8) is 0 Å². The summed E-state index contributed by atoms with van der Waals surface area (Å²) < 4.78 is 1.08. The van der Waals surface area contributed by atoms with E-state index in [1.807, 2.05) is 22.9 Å². The first-order chi connectivity index (χ1) is 13.7. The molecular formula is C22H25N3O3S. The van der Waals surface area contributed by atoms with Crippen molar-refractivity contribution in [1.82, 2.24) is 14.9 Å². The highest BCUT2D eigenvalue weighted by Crippen LogP contribution is 2.35. The fourth-order valence-corrected chi connectivity index (χ4v) is 4.10. The molecular weight excluding hydrogens is 386 g/mol. The summed E-state index contributed by atoms with van der Waals surface area (Å²) in [6.45, 7) is 7.11. The molecule has 6 nitrogen and oxygen atoms in total. The number of rotatable bonds is 7. The number of benzene rings is 2. The van der Waals surface area contributed by atoms with Gasteiger partial charge in [0.15, 0.2) is 5.16 Å². The Morgan fingerprint density at radius 1 is 1.21 bits per heavy atom. The fraction of sp³-hybridized carbons (Fsp3) is 0.318. The van der Waals surface area contributed by atoms with Crippen molar-refractivity contribution >= 4 is 34.4 Å². The van der Waals surface area contributed by atoms with E-state index in [0.29, 0.717) is 5.16 Å². The van der Waals surface area contributed by atoms with Crippen molar-refractivity contribution in [2.75, 3.05) is 0 Å². The van der Waals surface area contributed by atoms with Gasteiger partial charge in [-0.1, -0.05) is 49.0 Å². The SMILES string of the molecule is CCc1ccc(-n2ccnc2SC(C)(C)C(=O)NC(C)C(=O)O)c2ccccc12. The predicted molar refractivity (Wildman–Crippen MR) is 116 cm³/mol. The molecule has 1 aromatic heterocycles. The summed E-state index contributed by atoms with van der Waals surface area (Å²) in [5.41, 5.74) is 2.27. The van der Waals surface area contributed by atoms with Gasteiger partial charge in [0.25, 0.3) is 0 Å². The molecule has 1 atom stereocenters. The molecule has 0 saturated carbocycles. The molecule has 1 unspecified atom stereocenters. The second-order valence-electron chi connectivity index (χ2n) is 7.37. The number of carboxylic acid groups (broad SMARTS) is 1. The average Bonchev–Trinajstić information content (AvgIpc) is 3.13. The first-order valence-corrected chi connectivity index (χ1v) is 10.3. The lowest BCUT2D eigenvalue weighted by molar-refractivity contribution is -0.141. The van der Waals surface area contributed by atoms with E-state index < -0.39 is 16.8 Å². The molecule has 152 valence electrons. The van der Waals surface area contributed by atoms with Crippen LogP contribution in [-0.2, 0) is 16.0 Å². The Hall–Kier alpha value is -2.80. The number of amides is 1. The normalized spacial score (nSPS) is 12.7. The van der Waals surface area contributed by atoms with Crippen LogP contribution < -0.4 is 5.32 Å². The van der Waals surface area contributed by atoms with Crippen molar-refractivity contribution in [3.05, 3.63) is 54.4 Å². The van der Waals surface area contributed by atoms with Gasteiger partial charge in [0, 0.05) is 17.8 Å². The van der Waals surface area contributed by atoms with Gasteiger partial charge in [-0.2, -0.15) is 0 Å². The molecule has 2 aromatic carbocycles. The van der Waals surface area contributed by atoms with E-state index in [4.69, 9.17) is 5.11 Å². The number of thioether (sulfide) groups is 1. The topological polar surface area (TPSA) is 84.2 Å². The Kier molecular flexibility index (Phi) is 5.98. The maximum absolute atomic E-state index is 12.6. The van der Waals surface area contributed by atoms with E-state index in [-0.39, 0.29) is 5.91 Å². The first-order valence-electron chi connectivity index (χ1n) is 9.51. The van der Waals surface area contributed by atoms with Gasteiger partial charge in [0.2, 0.25) is 5.91 Å². The van der Waals surface area contributed by atoms with Crippen LogP contribution in [0, 0.1) is 0 Å². The van der Waals surface area contributed by atoms with Gasteiger partial charge in [0.1, 0.15) is 6.04 Å². The number of hydrogen-bond donors (Lipinski definition) is 2. The summed E-state index contributed by atoms with van der Waals surface area (Å²) in [5.74, 6) is -1.42. The quantitative estimate of drug-likeness (QED) is 0.573. The minimum Gasteiger partial charge on any atom is -0.480 e. The number of hydrogen-bond acceptors (Lipinski definition) is 4. The lowest BCUT2D eigenvalue weighted by atomic mass is 10.0. The minimum atomic E-state index is -1.07. The Bertz CT molecular complexity index is 1060. The summed E-state index contributed by atoms with van der Waals surface area (Å²) in [4.78, 5) is 28.1. The molecule has 3 rings (SSSR count). The van der Waals surface area contributed by atoms with Crippen LogP contribution in [0.5, 0.6) is 0 Å². The molecule has 3 aromatic rings. The summed E-state index contributed by atoms with van der Waals surface area (Å²) >= 11 is 1.30. The van der Waals surface area contributed by atoms with E-state index >= 15 is 0 Å². The maximum Gasteiger partial charge on any atom is 0.325 e. The molecule has 0 radical (unpaired) electrons. The number of carbonyl (C=O) groups is 2. The third-order valence-corrected chi connectivity index (χ3v) is 6.03. The average molecular weight is 412 g/mol. The van der Waals surface area contributed by atoms with Crippen molar-refractivity contribution in [3.8, 4) is 5.69 Å². The minimum absolute atomic E-state index is 0.349. The number of fused-ring (bicyclic) bond motifs is 1. The highest BCUT2D eigenvalue weighted by atomic mass is 32.2. The first kappa shape index (κ1) is 20.9. The van der Waals surface area contributed by atoms with E-state index in [9.17, 15) is 9.59 Å². The van der Waals surface area contributed by atoms with Gasteiger partial charge in [-0.15, -0.1) is 0 Å². The number of carbonyl (C=O) groups excluding carboxylic acids is 1. The van der Waals surface area contributed by atoms with Crippen LogP contribution in [0.3, 0.4) is 0 Å². The highest BCUT2D eigenvalue weighted by Gasteiger charge is 2.33. The summed E-state index contributed by atoms with van der Waals surface area (Å²) in [7, 11) is 0. The zero-order valence-electron chi connectivity index (χ0n) is 17.0. The molecule has 0 aliphatic rings.